The van der Waals surface area contributed by atoms with E-state index in [1.807, 2.05) is 12.1 Å². The summed E-state index contributed by atoms with van der Waals surface area (Å²) in [5.41, 5.74) is 5.77. The molecule has 1 aromatic carbocycles. The van der Waals surface area contributed by atoms with Crippen molar-refractivity contribution in [1.29, 1.82) is 0 Å². The molecule has 2 N–H and O–H groups in total. The van der Waals surface area contributed by atoms with Crippen molar-refractivity contribution in [3.05, 3.63) is 34.6 Å². The number of hydrogen-bond donors (Lipinski definition) is 1. The summed E-state index contributed by atoms with van der Waals surface area (Å²) in [5.74, 6) is 0.182. The van der Waals surface area contributed by atoms with Crippen LogP contribution >= 0.6 is 11.8 Å². The fraction of sp³-hybridized carbons (Fsp3) is 0.400. The standard InChI is InChI=1S/C15H19N3O2S/c1-10(2)7-8-18-14(20)11-5-3-4-6-12(11)17-15(18)21-9-13(16)19/h3-6,10H,7-9H2,1-2H3,(H2,16,19). The number of primary amides is 1. The summed E-state index contributed by atoms with van der Waals surface area (Å²) >= 11 is 1.21. The highest BCUT2D eigenvalue weighted by Gasteiger charge is 2.12. The van der Waals surface area contributed by atoms with Gasteiger partial charge in [-0.3, -0.25) is 14.2 Å². The largest absolute Gasteiger partial charge is 0.369 e. The smallest absolute Gasteiger partial charge is 0.262 e. The summed E-state index contributed by atoms with van der Waals surface area (Å²) in [7, 11) is 0. The number of carbonyl (C=O) groups excluding carboxylic acids is 1. The monoisotopic (exact) mass is 305 g/mol. The van der Waals surface area contributed by atoms with Gasteiger partial charge in [0.2, 0.25) is 5.91 Å². The molecule has 1 amide bonds. The molecule has 6 heteroatoms. The SMILES string of the molecule is CC(C)CCn1c(SCC(N)=O)nc2ccccc2c1=O. The fourth-order valence-corrected chi connectivity index (χ4v) is 2.74. The number of aromatic nitrogens is 2. The van der Waals surface area contributed by atoms with Crippen LogP contribution in [-0.4, -0.2) is 21.2 Å². The van der Waals surface area contributed by atoms with Crippen molar-refractivity contribution in [1.82, 2.24) is 9.55 Å². The van der Waals surface area contributed by atoms with Crippen LogP contribution in [0.2, 0.25) is 0 Å². The number of nitrogens with zero attached hydrogens (tertiary/aromatic N) is 2. The molecule has 0 atom stereocenters. The van der Waals surface area contributed by atoms with Crippen LogP contribution in [0.4, 0.5) is 0 Å². The number of benzene rings is 1. The van der Waals surface area contributed by atoms with Crippen molar-refractivity contribution < 1.29 is 4.79 Å². The van der Waals surface area contributed by atoms with Gasteiger partial charge in [0.05, 0.1) is 16.7 Å². The van der Waals surface area contributed by atoms with E-state index in [4.69, 9.17) is 5.73 Å². The second kappa shape index (κ2) is 6.76. The molecular weight excluding hydrogens is 286 g/mol. The van der Waals surface area contributed by atoms with Gasteiger partial charge in [-0.15, -0.1) is 0 Å². The minimum absolute atomic E-state index is 0.0618. The van der Waals surface area contributed by atoms with Gasteiger partial charge in [0, 0.05) is 6.54 Å². The minimum Gasteiger partial charge on any atom is -0.369 e. The van der Waals surface area contributed by atoms with Gasteiger partial charge in [-0.1, -0.05) is 37.7 Å². The second-order valence-corrected chi connectivity index (χ2v) is 6.25. The van der Waals surface area contributed by atoms with Crippen molar-refractivity contribution in [2.24, 2.45) is 11.7 Å². The molecule has 0 unspecified atom stereocenters. The maximum Gasteiger partial charge on any atom is 0.262 e. The van der Waals surface area contributed by atoms with Crippen molar-refractivity contribution in [2.75, 3.05) is 5.75 Å². The number of amides is 1. The van der Waals surface area contributed by atoms with E-state index in [1.54, 1.807) is 16.7 Å². The van der Waals surface area contributed by atoms with Crippen LogP contribution in [-0.2, 0) is 11.3 Å². The summed E-state index contributed by atoms with van der Waals surface area (Å²) < 4.78 is 1.65. The zero-order valence-corrected chi connectivity index (χ0v) is 13.0. The van der Waals surface area contributed by atoms with Crippen LogP contribution in [0, 0.1) is 5.92 Å². The number of nitrogens with two attached hydrogens (primary N) is 1. The highest BCUT2D eigenvalue weighted by molar-refractivity contribution is 7.99. The van der Waals surface area contributed by atoms with E-state index in [1.165, 1.54) is 11.8 Å². The van der Waals surface area contributed by atoms with E-state index in [-0.39, 0.29) is 11.3 Å². The summed E-state index contributed by atoms with van der Waals surface area (Å²) in [6, 6.07) is 7.25. The maximum absolute atomic E-state index is 12.6. The Balaban J connectivity index is 2.48. The van der Waals surface area contributed by atoms with Gasteiger partial charge in [0.25, 0.3) is 5.56 Å². The number of carbonyl (C=O) groups is 1. The molecule has 0 spiro atoms. The Hall–Kier alpha value is -1.82. The summed E-state index contributed by atoms with van der Waals surface area (Å²) in [5, 5.41) is 1.16. The molecule has 0 aliphatic carbocycles. The first-order valence-electron chi connectivity index (χ1n) is 6.89. The number of para-hydroxylation sites is 1. The van der Waals surface area contributed by atoms with E-state index in [2.05, 4.69) is 18.8 Å². The van der Waals surface area contributed by atoms with Crippen LogP contribution in [0.5, 0.6) is 0 Å². The van der Waals surface area contributed by atoms with E-state index in [0.717, 1.165) is 6.42 Å². The quantitative estimate of drug-likeness (QED) is 0.654. The van der Waals surface area contributed by atoms with Crippen LogP contribution < -0.4 is 11.3 Å². The Labute approximate surface area is 127 Å². The Morgan fingerprint density at radius 3 is 2.76 bits per heavy atom. The number of hydrogen-bond acceptors (Lipinski definition) is 4. The van der Waals surface area contributed by atoms with Gasteiger partial charge < -0.3 is 5.73 Å². The zero-order chi connectivity index (χ0) is 15.4. The first-order valence-corrected chi connectivity index (χ1v) is 7.88. The van der Waals surface area contributed by atoms with E-state index in [9.17, 15) is 9.59 Å². The third-order valence-electron chi connectivity index (χ3n) is 3.10. The van der Waals surface area contributed by atoms with E-state index in [0.29, 0.717) is 28.5 Å². The molecular formula is C15H19N3O2S. The molecule has 0 aliphatic heterocycles. The third kappa shape index (κ3) is 3.85. The molecule has 112 valence electrons. The summed E-state index contributed by atoms with van der Waals surface area (Å²) in [6.07, 6.45) is 0.879. The maximum atomic E-state index is 12.6. The van der Waals surface area contributed by atoms with Crippen LogP contribution in [0.15, 0.2) is 34.2 Å². The summed E-state index contributed by atoms with van der Waals surface area (Å²) in [6.45, 7) is 4.81. The Morgan fingerprint density at radius 1 is 1.38 bits per heavy atom. The first kappa shape index (κ1) is 15.6. The molecule has 0 saturated heterocycles. The van der Waals surface area contributed by atoms with Crippen molar-refractivity contribution in [2.45, 2.75) is 32.0 Å². The minimum atomic E-state index is -0.419. The lowest BCUT2D eigenvalue weighted by Gasteiger charge is -2.13. The molecule has 0 saturated carbocycles. The Bertz CT molecular complexity index is 710. The highest BCUT2D eigenvalue weighted by atomic mass is 32.2. The molecule has 0 radical (unpaired) electrons. The van der Waals surface area contributed by atoms with Crippen LogP contribution in [0.1, 0.15) is 20.3 Å². The van der Waals surface area contributed by atoms with Crippen molar-refractivity contribution >= 4 is 28.6 Å². The van der Waals surface area contributed by atoms with Gasteiger partial charge in [-0.2, -0.15) is 0 Å². The Morgan fingerprint density at radius 2 is 2.10 bits per heavy atom. The molecule has 21 heavy (non-hydrogen) atoms. The number of thioether (sulfide) groups is 1. The average molecular weight is 305 g/mol. The molecule has 2 rings (SSSR count). The van der Waals surface area contributed by atoms with Crippen LogP contribution in [0.25, 0.3) is 10.9 Å². The van der Waals surface area contributed by atoms with Gasteiger partial charge in [-0.05, 0) is 24.5 Å². The number of fused-ring (bicyclic) bond motifs is 1. The lowest BCUT2D eigenvalue weighted by atomic mass is 10.1. The molecule has 1 aromatic heterocycles. The van der Waals surface area contributed by atoms with Gasteiger partial charge in [0.1, 0.15) is 0 Å². The third-order valence-corrected chi connectivity index (χ3v) is 4.10. The predicted molar refractivity (Wildman–Crippen MR) is 85.4 cm³/mol. The topological polar surface area (TPSA) is 78.0 Å². The van der Waals surface area contributed by atoms with Gasteiger partial charge in [0.15, 0.2) is 5.16 Å². The Kier molecular flexibility index (Phi) is 5.01. The second-order valence-electron chi connectivity index (χ2n) is 5.31. The highest BCUT2D eigenvalue weighted by Crippen LogP contribution is 2.18. The molecule has 1 heterocycles. The lowest BCUT2D eigenvalue weighted by Crippen LogP contribution is -2.25. The average Bonchev–Trinajstić information content (AvgIpc) is 2.44. The van der Waals surface area contributed by atoms with Crippen molar-refractivity contribution in [3.8, 4) is 0 Å². The first-order chi connectivity index (χ1) is 9.99. The molecule has 0 bridgehead atoms. The van der Waals surface area contributed by atoms with E-state index >= 15 is 0 Å². The fourth-order valence-electron chi connectivity index (χ4n) is 1.98. The normalized spacial score (nSPS) is 11.2. The molecule has 5 nitrogen and oxygen atoms in total. The van der Waals surface area contributed by atoms with Crippen molar-refractivity contribution in [3.63, 3.8) is 0 Å². The van der Waals surface area contributed by atoms with Crippen LogP contribution in [0.3, 0.4) is 0 Å². The summed E-state index contributed by atoms with van der Waals surface area (Å²) in [4.78, 5) is 28.1. The molecule has 2 aromatic rings. The van der Waals surface area contributed by atoms with Gasteiger partial charge in [-0.25, -0.2) is 4.98 Å². The molecule has 0 aliphatic rings. The predicted octanol–water partition coefficient (Wildman–Crippen LogP) is 2.02. The molecule has 0 fully saturated rings. The number of rotatable bonds is 6. The lowest BCUT2D eigenvalue weighted by molar-refractivity contribution is -0.115. The van der Waals surface area contributed by atoms with Gasteiger partial charge >= 0.3 is 0 Å². The van der Waals surface area contributed by atoms with E-state index < -0.39 is 5.91 Å². The zero-order valence-electron chi connectivity index (χ0n) is 12.2.